The zero-order valence-electron chi connectivity index (χ0n) is 24.4. The molecule has 0 radical (unpaired) electrons. The first kappa shape index (κ1) is 28.6. The van der Waals surface area contributed by atoms with Crippen LogP contribution in [0.2, 0.25) is 5.02 Å². The number of hydrogen-bond donors (Lipinski definition) is 2. The molecule has 0 spiro atoms. The Morgan fingerprint density at radius 3 is 2.67 bits per heavy atom. The third kappa shape index (κ3) is 5.30. The predicted octanol–water partition coefficient (Wildman–Crippen LogP) is 6.32. The number of anilines is 2. The van der Waals surface area contributed by atoms with Crippen molar-refractivity contribution >= 4 is 44.7 Å². The molecule has 3 heterocycles. The Labute approximate surface area is 253 Å². The maximum Gasteiger partial charge on any atom is 0.258 e. The second kappa shape index (κ2) is 10.7. The van der Waals surface area contributed by atoms with Crippen LogP contribution in [0.1, 0.15) is 56.5 Å². The number of nitrogens with zero attached hydrogens (tertiary/aromatic N) is 6. The summed E-state index contributed by atoms with van der Waals surface area (Å²) in [7, 11) is 1.72. The van der Waals surface area contributed by atoms with Gasteiger partial charge in [-0.3, -0.25) is 9.78 Å². The van der Waals surface area contributed by atoms with E-state index in [1.807, 2.05) is 24.3 Å². The number of halogens is 2. The molecule has 11 heteroatoms. The molecule has 2 aromatic carbocycles. The minimum atomic E-state index is -0.649. The fourth-order valence-corrected chi connectivity index (χ4v) is 5.58. The van der Waals surface area contributed by atoms with Gasteiger partial charge in [0.1, 0.15) is 18.4 Å². The van der Waals surface area contributed by atoms with E-state index in [9.17, 15) is 14.4 Å². The maximum atomic E-state index is 13.9. The van der Waals surface area contributed by atoms with E-state index in [-0.39, 0.29) is 11.0 Å². The Balaban J connectivity index is 1.51. The van der Waals surface area contributed by atoms with Crippen molar-refractivity contribution < 1.29 is 4.39 Å². The van der Waals surface area contributed by atoms with Crippen LogP contribution in [-0.2, 0) is 12.6 Å². The molecular weight excluding hydrogens is 567 g/mol. The van der Waals surface area contributed by atoms with Crippen LogP contribution >= 0.6 is 11.6 Å². The smallest absolute Gasteiger partial charge is 0.258 e. The minimum absolute atomic E-state index is 0.0388. The lowest BCUT2D eigenvalue weighted by molar-refractivity contribution is 0.309. The predicted molar refractivity (Wildman–Crippen MR) is 167 cm³/mol. The molecule has 0 bridgehead atoms. The van der Waals surface area contributed by atoms with Crippen LogP contribution in [0.25, 0.3) is 21.7 Å². The van der Waals surface area contributed by atoms with Crippen LogP contribution in [0.5, 0.6) is 0 Å². The molecule has 1 atom stereocenters. The molecule has 1 aliphatic carbocycles. The molecule has 43 heavy (non-hydrogen) atoms. The summed E-state index contributed by atoms with van der Waals surface area (Å²) in [6.45, 7) is 6.44. The highest BCUT2D eigenvalue weighted by atomic mass is 35.5. The van der Waals surface area contributed by atoms with Gasteiger partial charge >= 0.3 is 0 Å². The van der Waals surface area contributed by atoms with Gasteiger partial charge in [0, 0.05) is 42.4 Å². The SMILES string of the molecule is Cn1ccc2c([C@H](Nc3cc(Cl)c4ncc(C#N)c(NCC(C)(C)C)c4c3)c3cn(C4(CF)CC4)nn3)cccc2c1=O. The molecule has 6 rings (SSSR count). The van der Waals surface area contributed by atoms with E-state index in [1.54, 1.807) is 36.3 Å². The van der Waals surface area contributed by atoms with E-state index in [0.717, 1.165) is 10.9 Å². The fourth-order valence-electron chi connectivity index (χ4n) is 5.31. The molecule has 1 fully saturated rings. The van der Waals surface area contributed by atoms with Crippen molar-refractivity contribution in [2.45, 2.75) is 45.2 Å². The van der Waals surface area contributed by atoms with Crippen molar-refractivity contribution in [3.63, 3.8) is 0 Å². The standard InChI is InChI=1S/C32H32ClFN8O/c1-31(2,3)18-37-27-19(14-35)15-36-28-24(27)12-20(13-25(28)33)38-29(26-16-42(40-39-26)32(17-34)9-10-32)22-6-5-7-23-21(22)8-11-41(4)30(23)43/h5-8,11-13,15-16,29,38H,9-10,17-18H2,1-4H3,(H,36,37)/t29-/m0/s1. The van der Waals surface area contributed by atoms with Gasteiger partial charge in [-0.2, -0.15) is 5.26 Å². The molecule has 0 aliphatic heterocycles. The van der Waals surface area contributed by atoms with Crippen molar-refractivity contribution in [3.05, 3.63) is 87.2 Å². The second-order valence-electron chi connectivity index (χ2n) is 12.5. The van der Waals surface area contributed by atoms with Crippen molar-refractivity contribution in [3.8, 4) is 6.07 Å². The number of rotatable bonds is 8. The molecule has 0 saturated heterocycles. The zero-order chi connectivity index (χ0) is 30.5. The summed E-state index contributed by atoms with van der Waals surface area (Å²) in [6.07, 6.45) is 6.45. The molecule has 2 N–H and O–H groups in total. The van der Waals surface area contributed by atoms with E-state index in [0.29, 0.717) is 63.3 Å². The van der Waals surface area contributed by atoms with Crippen molar-refractivity contribution in [2.24, 2.45) is 12.5 Å². The van der Waals surface area contributed by atoms with Gasteiger partial charge in [-0.15, -0.1) is 5.10 Å². The first-order chi connectivity index (χ1) is 20.5. The van der Waals surface area contributed by atoms with Gasteiger partial charge in [-0.25, -0.2) is 9.07 Å². The first-order valence-corrected chi connectivity index (χ1v) is 14.5. The van der Waals surface area contributed by atoms with Crippen molar-refractivity contribution in [1.29, 1.82) is 5.26 Å². The lowest BCUT2D eigenvalue weighted by atomic mass is 9.96. The number of aryl methyl sites for hydroxylation is 1. The van der Waals surface area contributed by atoms with Gasteiger partial charge in [0.15, 0.2) is 0 Å². The molecule has 0 unspecified atom stereocenters. The first-order valence-electron chi connectivity index (χ1n) is 14.1. The number of fused-ring (bicyclic) bond motifs is 2. The average Bonchev–Trinajstić information content (AvgIpc) is 3.63. The summed E-state index contributed by atoms with van der Waals surface area (Å²) in [6, 6.07) is 12.8. The van der Waals surface area contributed by atoms with Crippen LogP contribution in [0.3, 0.4) is 0 Å². The minimum Gasteiger partial charge on any atom is -0.383 e. The number of alkyl halides is 1. The van der Waals surface area contributed by atoms with Crippen LogP contribution in [0.4, 0.5) is 15.8 Å². The Morgan fingerprint density at radius 1 is 1.19 bits per heavy atom. The molecule has 5 aromatic rings. The topological polar surface area (TPSA) is 113 Å². The largest absolute Gasteiger partial charge is 0.383 e. The van der Waals surface area contributed by atoms with E-state index >= 15 is 0 Å². The van der Waals surface area contributed by atoms with Crippen LogP contribution in [0.15, 0.2) is 59.8 Å². The quantitative estimate of drug-likeness (QED) is 0.215. The van der Waals surface area contributed by atoms with Gasteiger partial charge in [-0.1, -0.05) is 49.7 Å². The highest BCUT2D eigenvalue weighted by molar-refractivity contribution is 6.35. The Bertz CT molecular complexity index is 1970. The number of nitrogens with one attached hydrogen (secondary N) is 2. The Morgan fingerprint density at radius 2 is 1.98 bits per heavy atom. The van der Waals surface area contributed by atoms with Crippen LogP contribution in [0, 0.1) is 16.7 Å². The number of nitriles is 1. The lowest BCUT2D eigenvalue weighted by Gasteiger charge is -2.23. The molecule has 1 saturated carbocycles. The molecule has 0 amide bonds. The maximum absolute atomic E-state index is 13.9. The number of pyridine rings is 2. The normalized spacial score (nSPS) is 14.9. The third-order valence-corrected chi connectivity index (χ3v) is 8.28. The van der Waals surface area contributed by atoms with Gasteiger partial charge in [-0.05, 0) is 53.5 Å². The van der Waals surface area contributed by atoms with Gasteiger partial charge in [0.25, 0.3) is 5.56 Å². The summed E-state index contributed by atoms with van der Waals surface area (Å²) < 4.78 is 17.1. The summed E-state index contributed by atoms with van der Waals surface area (Å²) in [5.74, 6) is 0. The highest BCUT2D eigenvalue weighted by Gasteiger charge is 2.46. The van der Waals surface area contributed by atoms with Gasteiger partial charge < -0.3 is 15.2 Å². The zero-order valence-corrected chi connectivity index (χ0v) is 25.2. The summed E-state index contributed by atoms with van der Waals surface area (Å²) >= 11 is 6.79. The molecule has 1 aliphatic rings. The van der Waals surface area contributed by atoms with Gasteiger partial charge in [0.05, 0.1) is 39.6 Å². The Kier molecular flexibility index (Phi) is 7.09. The third-order valence-electron chi connectivity index (χ3n) is 7.99. The number of benzene rings is 2. The fraction of sp³-hybridized carbons (Fsp3) is 0.344. The van der Waals surface area contributed by atoms with Gasteiger partial charge in [0.2, 0.25) is 0 Å². The van der Waals surface area contributed by atoms with E-state index in [2.05, 4.69) is 52.8 Å². The molecule has 9 nitrogen and oxygen atoms in total. The van der Waals surface area contributed by atoms with Crippen LogP contribution < -0.4 is 16.2 Å². The molecule has 3 aromatic heterocycles. The van der Waals surface area contributed by atoms with Crippen molar-refractivity contribution in [2.75, 3.05) is 23.9 Å². The average molecular weight is 599 g/mol. The number of hydrogen-bond acceptors (Lipinski definition) is 7. The lowest BCUT2D eigenvalue weighted by Crippen LogP contribution is -2.20. The van der Waals surface area contributed by atoms with E-state index < -0.39 is 18.3 Å². The van der Waals surface area contributed by atoms with Crippen molar-refractivity contribution in [1.82, 2.24) is 24.5 Å². The van der Waals surface area contributed by atoms with Crippen LogP contribution in [-0.4, -0.2) is 37.8 Å². The second-order valence-corrected chi connectivity index (χ2v) is 12.9. The molecular formula is C32H32ClFN8O. The Hall–Kier alpha value is -4.49. The summed E-state index contributed by atoms with van der Waals surface area (Å²) in [4.78, 5) is 17.5. The monoisotopic (exact) mass is 598 g/mol. The van der Waals surface area contributed by atoms with E-state index in [4.69, 9.17) is 11.6 Å². The summed E-state index contributed by atoms with van der Waals surface area (Å²) in [5, 5.41) is 28.1. The molecule has 220 valence electrons. The summed E-state index contributed by atoms with van der Waals surface area (Å²) in [5.41, 5.74) is 2.86. The highest BCUT2D eigenvalue weighted by Crippen LogP contribution is 2.44. The van der Waals surface area contributed by atoms with E-state index in [1.165, 1.54) is 10.8 Å². The number of aromatic nitrogens is 5.